The van der Waals surface area contributed by atoms with Crippen LogP contribution in [0.2, 0.25) is 0 Å². The first-order valence-electron chi connectivity index (χ1n) is 5.60. The van der Waals surface area contributed by atoms with Crippen LogP contribution in [-0.2, 0) is 16.1 Å². The van der Waals surface area contributed by atoms with Gasteiger partial charge in [-0.05, 0) is 42.6 Å². The maximum absolute atomic E-state index is 11.5. The number of aromatic nitrogens is 2. The molecular weight excluding hydrogens is 286 g/mol. The van der Waals surface area contributed by atoms with Crippen molar-refractivity contribution in [2.75, 3.05) is 6.61 Å². The van der Waals surface area contributed by atoms with Crippen molar-refractivity contribution >= 4 is 21.9 Å². The van der Waals surface area contributed by atoms with Gasteiger partial charge in [-0.15, -0.1) is 0 Å². The minimum Gasteiger partial charge on any atom is -0.465 e. The van der Waals surface area contributed by atoms with Crippen LogP contribution >= 0.6 is 15.9 Å². The quantitative estimate of drug-likeness (QED) is 0.812. The molecule has 0 spiro atoms. The molecule has 0 saturated heterocycles. The van der Waals surface area contributed by atoms with E-state index < -0.39 is 5.54 Å². The van der Waals surface area contributed by atoms with Crippen LogP contribution in [0.4, 0.5) is 0 Å². The van der Waals surface area contributed by atoms with Crippen LogP contribution in [0.3, 0.4) is 0 Å². The smallest absolute Gasteiger partial charge is 0.325 e. The van der Waals surface area contributed by atoms with Crippen LogP contribution in [-0.4, -0.2) is 27.9 Å². The summed E-state index contributed by atoms with van der Waals surface area (Å²) in [7, 11) is 0. The number of carbonyl (C=O) groups is 1. The van der Waals surface area contributed by atoms with Gasteiger partial charge in [-0.2, -0.15) is 5.10 Å². The second-order valence-electron chi connectivity index (χ2n) is 4.16. The van der Waals surface area contributed by atoms with E-state index in [2.05, 4.69) is 21.0 Å². The molecule has 0 aliphatic heterocycles. The topological polar surface area (TPSA) is 70.1 Å². The van der Waals surface area contributed by atoms with Crippen LogP contribution in [0, 0.1) is 0 Å². The monoisotopic (exact) mass is 303 g/mol. The zero-order chi connectivity index (χ0) is 12.9. The van der Waals surface area contributed by atoms with Crippen molar-refractivity contribution in [3.63, 3.8) is 0 Å². The maximum Gasteiger partial charge on any atom is 0.325 e. The Morgan fingerprint density at radius 1 is 1.71 bits per heavy atom. The molecule has 0 fully saturated rings. The van der Waals surface area contributed by atoms with E-state index >= 15 is 0 Å². The Morgan fingerprint density at radius 2 is 2.41 bits per heavy atom. The van der Waals surface area contributed by atoms with E-state index in [0.717, 1.165) is 17.4 Å². The summed E-state index contributed by atoms with van der Waals surface area (Å²) in [5, 5.41) is 4.13. The number of hydrogen-bond donors (Lipinski definition) is 1. The first-order valence-corrected chi connectivity index (χ1v) is 6.39. The fraction of sp³-hybridized carbons (Fsp3) is 0.636. The lowest BCUT2D eigenvalue weighted by Gasteiger charge is -2.21. The van der Waals surface area contributed by atoms with Crippen molar-refractivity contribution in [1.82, 2.24) is 9.78 Å². The van der Waals surface area contributed by atoms with Gasteiger partial charge >= 0.3 is 5.97 Å². The first kappa shape index (κ1) is 14.2. The lowest BCUT2D eigenvalue weighted by atomic mass is 9.97. The molecule has 1 aromatic heterocycles. The van der Waals surface area contributed by atoms with Crippen molar-refractivity contribution < 1.29 is 9.53 Å². The molecular formula is C11H18BrN3O2. The SMILES string of the molecule is CCOC(=O)C(C)(N)CCCn1cc(Br)cn1. The van der Waals surface area contributed by atoms with Crippen LogP contribution in [0.15, 0.2) is 16.9 Å². The van der Waals surface area contributed by atoms with Gasteiger partial charge in [0, 0.05) is 12.7 Å². The number of esters is 1. The molecule has 0 bridgehead atoms. The molecule has 2 N–H and O–H groups in total. The molecule has 0 aliphatic carbocycles. The fourth-order valence-electron chi connectivity index (χ4n) is 1.47. The Morgan fingerprint density at radius 3 is 2.94 bits per heavy atom. The minimum atomic E-state index is -0.916. The highest BCUT2D eigenvalue weighted by Gasteiger charge is 2.29. The summed E-state index contributed by atoms with van der Waals surface area (Å²) in [5.74, 6) is -0.346. The van der Waals surface area contributed by atoms with E-state index in [4.69, 9.17) is 10.5 Å². The van der Waals surface area contributed by atoms with Crippen LogP contribution in [0.5, 0.6) is 0 Å². The second kappa shape index (κ2) is 6.16. The molecule has 0 aromatic carbocycles. The summed E-state index contributed by atoms with van der Waals surface area (Å²) in [6.45, 7) is 4.56. The molecule has 0 radical (unpaired) electrons. The summed E-state index contributed by atoms with van der Waals surface area (Å²) in [5.41, 5.74) is 4.99. The minimum absolute atomic E-state index is 0.346. The molecule has 1 heterocycles. The van der Waals surface area contributed by atoms with E-state index in [1.165, 1.54) is 0 Å². The van der Waals surface area contributed by atoms with E-state index in [9.17, 15) is 4.79 Å². The van der Waals surface area contributed by atoms with Crippen LogP contribution in [0.25, 0.3) is 0 Å². The molecule has 1 atom stereocenters. The number of rotatable bonds is 6. The number of ether oxygens (including phenoxy) is 1. The molecule has 0 saturated carbocycles. The Bertz CT molecular complexity index is 377. The third-order valence-corrected chi connectivity index (χ3v) is 2.84. The predicted octanol–water partition coefficient (Wildman–Crippen LogP) is 1.71. The number of nitrogens with two attached hydrogens (primary N) is 1. The average Bonchev–Trinajstić information content (AvgIpc) is 2.64. The third kappa shape index (κ3) is 4.47. The number of hydrogen-bond acceptors (Lipinski definition) is 4. The van der Waals surface area contributed by atoms with Crippen molar-refractivity contribution in [3.05, 3.63) is 16.9 Å². The second-order valence-corrected chi connectivity index (χ2v) is 5.08. The van der Waals surface area contributed by atoms with Crippen LogP contribution < -0.4 is 5.73 Å². The van der Waals surface area contributed by atoms with Gasteiger partial charge in [-0.3, -0.25) is 9.48 Å². The molecule has 5 nitrogen and oxygen atoms in total. The molecule has 1 rings (SSSR count). The fourth-order valence-corrected chi connectivity index (χ4v) is 1.79. The third-order valence-electron chi connectivity index (χ3n) is 2.43. The van der Waals surface area contributed by atoms with Crippen molar-refractivity contribution in [2.45, 2.75) is 38.8 Å². The van der Waals surface area contributed by atoms with Gasteiger partial charge in [0.1, 0.15) is 5.54 Å². The Hall–Kier alpha value is -0.880. The molecule has 17 heavy (non-hydrogen) atoms. The molecule has 0 aliphatic rings. The Labute approximate surface area is 109 Å². The van der Waals surface area contributed by atoms with Gasteiger partial charge in [0.05, 0.1) is 17.3 Å². The number of nitrogens with zero attached hydrogens (tertiary/aromatic N) is 2. The number of aryl methyl sites for hydroxylation is 1. The van der Waals surface area contributed by atoms with Gasteiger partial charge in [0.25, 0.3) is 0 Å². The van der Waals surface area contributed by atoms with Gasteiger partial charge < -0.3 is 10.5 Å². The maximum atomic E-state index is 11.5. The Balaban J connectivity index is 2.37. The highest BCUT2D eigenvalue weighted by atomic mass is 79.9. The molecule has 1 aromatic rings. The summed E-state index contributed by atoms with van der Waals surface area (Å²) in [4.78, 5) is 11.5. The molecule has 6 heteroatoms. The van der Waals surface area contributed by atoms with Crippen LogP contribution in [0.1, 0.15) is 26.7 Å². The molecule has 96 valence electrons. The first-order chi connectivity index (χ1) is 7.95. The van der Waals surface area contributed by atoms with Gasteiger partial charge in [-0.1, -0.05) is 0 Å². The number of carbonyl (C=O) groups excluding carboxylic acids is 1. The van der Waals surface area contributed by atoms with Crippen molar-refractivity contribution in [2.24, 2.45) is 5.73 Å². The molecule has 0 amide bonds. The normalized spacial score (nSPS) is 14.4. The average molecular weight is 304 g/mol. The van der Waals surface area contributed by atoms with Crippen molar-refractivity contribution in [1.29, 1.82) is 0 Å². The summed E-state index contributed by atoms with van der Waals surface area (Å²) < 4.78 is 7.67. The van der Waals surface area contributed by atoms with Gasteiger partial charge in [0.15, 0.2) is 0 Å². The summed E-state index contributed by atoms with van der Waals surface area (Å²) in [6, 6.07) is 0. The zero-order valence-electron chi connectivity index (χ0n) is 10.1. The highest BCUT2D eigenvalue weighted by Crippen LogP contribution is 2.13. The summed E-state index contributed by atoms with van der Waals surface area (Å²) in [6.07, 6.45) is 4.97. The lowest BCUT2D eigenvalue weighted by Crippen LogP contribution is -2.46. The largest absolute Gasteiger partial charge is 0.465 e. The van der Waals surface area contributed by atoms with Crippen molar-refractivity contribution in [3.8, 4) is 0 Å². The molecule has 1 unspecified atom stereocenters. The zero-order valence-corrected chi connectivity index (χ0v) is 11.7. The van der Waals surface area contributed by atoms with Gasteiger partial charge in [-0.25, -0.2) is 0 Å². The van der Waals surface area contributed by atoms with E-state index in [0.29, 0.717) is 13.0 Å². The van der Waals surface area contributed by atoms with Gasteiger partial charge in [0.2, 0.25) is 0 Å². The van der Waals surface area contributed by atoms with E-state index in [1.807, 2.05) is 10.9 Å². The van der Waals surface area contributed by atoms with E-state index in [-0.39, 0.29) is 5.97 Å². The lowest BCUT2D eigenvalue weighted by molar-refractivity contribution is -0.149. The standard InChI is InChI=1S/C11H18BrN3O2/c1-3-17-10(16)11(2,13)5-4-6-15-8-9(12)7-14-15/h7-8H,3-6,13H2,1-2H3. The highest BCUT2D eigenvalue weighted by molar-refractivity contribution is 9.10. The predicted molar refractivity (Wildman–Crippen MR) is 68.4 cm³/mol. The number of halogens is 1. The summed E-state index contributed by atoms with van der Waals surface area (Å²) >= 11 is 3.33. The van der Waals surface area contributed by atoms with E-state index in [1.54, 1.807) is 20.0 Å². The Kier molecular flexibility index (Phi) is 5.14.